The monoisotopic (exact) mass is 359 g/mol. The molecule has 8 heteroatoms. The van der Waals surface area contributed by atoms with E-state index in [1.807, 2.05) is 17.5 Å². The molecule has 24 heavy (non-hydrogen) atoms. The summed E-state index contributed by atoms with van der Waals surface area (Å²) in [6, 6.07) is 4.57. The molecule has 1 atom stereocenters. The smallest absolute Gasteiger partial charge is 0.257 e. The van der Waals surface area contributed by atoms with E-state index in [2.05, 4.69) is 31.9 Å². The summed E-state index contributed by atoms with van der Waals surface area (Å²) < 4.78 is 8.21. The highest BCUT2D eigenvalue weighted by Gasteiger charge is 2.37. The lowest BCUT2D eigenvalue weighted by Crippen LogP contribution is -2.02. The molecule has 3 heterocycles. The van der Waals surface area contributed by atoms with Crippen molar-refractivity contribution in [2.45, 2.75) is 55.0 Å². The van der Waals surface area contributed by atoms with Gasteiger partial charge in [-0.15, -0.1) is 31.7 Å². The maximum Gasteiger partial charge on any atom is 0.257 e. The molecule has 2 aliphatic carbocycles. The van der Waals surface area contributed by atoms with Crippen molar-refractivity contribution in [1.82, 2.24) is 25.0 Å². The third-order valence-corrected chi connectivity index (χ3v) is 6.25. The van der Waals surface area contributed by atoms with E-state index in [0.29, 0.717) is 23.7 Å². The Morgan fingerprint density at radius 3 is 2.79 bits per heavy atom. The zero-order chi connectivity index (χ0) is 16.1. The van der Waals surface area contributed by atoms with Crippen LogP contribution >= 0.6 is 23.1 Å². The van der Waals surface area contributed by atoms with Crippen molar-refractivity contribution in [1.29, 1.82) is 0 Å². The van der Waals surface area contributed by atoms with Crippen LogP contribution < -0.4 is 0 Å². The lowest BCUT2D eigenvalue weighted by molar-refractivity contribution is 0.509. The van der Waals surface area contributed by atoms with Crippen LogP contribution in [0.5, 0.6) is 0 Å². The fraction of sp³-hybridized carbons (Fsp3) is 0.500. The van der Waals surface area contributed by atoms with Crippen LogP contribution in [0.4, 0.5) is 0 Å². The zero-order valence-corrected chi connectivity index (χ0v) is 14.9. The standard InChI is InChI=1S/C16H17N5OS2/c1-9(14-18-19-15(22-14)12-3-2-8-23-12)24-16-20-17-13(10-4-5-10)21(16)11-6-7-11/h2-3,8-11H,4-7H2,1H3/t9-/m0/s1. The number of rotatable bonds is 6. The van der Waals surface area contributed by atoms with Crippen LogP contribution in [0.1, 0.15) is 61.5 Å². The molecule has 2 saturated carbocycles. The van der Waals surface area contributed by atoms with Crippen LogP contribution in [0.15, 0.2) is 27.1 Å². The Hall–Kier alpha value is -1.67. The van der Waals surface area contributed by atoms with Gasteiger partial charge in [0.15, 0.2) is 5.16 Å². The molecule has 6 nitrogen and oxygen atoms in total. The lowest BCUT2D eigenvalue weighted by atomic mass is 10.4. The van der Waals surface area contributed by atoms with Crippen molar-refractivity contribution in [2.24, 2.45) is 0 Å². The molecular formula is C16H17N5OS2. The van der Waals surface area contributed by atoms with Crippen molar-refractivity contribution in [3.05, 3.63) is 29.2 Å². The Morgan fingerprint density at radius 2 is 2.08 bits per heavy atom. The van der Waals surface area contributed by atoms with E-state index in [-0.39, 0.29) is 5.25 Å². The van der Waals surface area contributed by atoms with Crippen LogP contribution in [-0.2, 0) is 0 Å². The minimum atomic E-state index is 0.0555. The van der Waals surface area contributed by atoms with E-state index in [0.717, 1.165) is 10.0 Å². The molecule has 0 aromatic carbocycles. The fourth-order valence-corrected chi connectivity index (χ4v) is 4.37. The van der Waals surface area contributed by atoms with E-state index >= 15 is 0 Å². The first kappa shape index (κ1) is 14.7. The second kappa shape index (κ2) is 5.70. The van der Waals surface area contributed by atoms with E-state index < -0.39 is 0 Å². The molecule has 0 bridgehead atoms. The molecule has 0 radical (unpaired) electrons. The van der Waals surface area contributed by atoms with Crippen LogP contribution in [0, 0.1) is 0 Å². The highest BCUT2D eigenvalue weighted by Crippen LogP contribution is 2.47. The summed E-state index contributed by atoms with van der Waals surface area (Å²) in [4.78, 5) is 1.00. The lowest BCUT2D eigenvalue weighted by Gasteiger charge is -2.10. The fourth-order valence-electron chi connectivity index (χ4n) is 2.77. The van der Waals surface area contributed by atoms with Crippen LogP contribution in [0.2, 0.25) is 0 Å². The molecule has 2 aliphatic rings. The minimum Gasteiger partial charge on any atom is -0.419 e. The van der Waals surface area contributed by atoms with Gasteiger partial charge in [0, 0.05) is 12.0 Å². The second-order valence-electron chi connectivity index (χ2n) is 6.40. The Morgan fingerprint density at radius 1 is 1.21 bits per heavy atom. The van der Waals surface area contributed by atoms with Gasteiger partial charge < -0.3 is 8.98 Å². The summed E-state index contributed by atoms with van der Waals surface area (Å²) in [6.07, 6.45) is 4.98. The number of hydrogen-bond acceptors (Lipinski definition) is 7. The number of nitrogens with zero attached hydrogens (tertiary/aromatic N) is 5. The molecule has 124 valence electrons. The first-order chi connectivity index (χ1) is 11.8. The van der Waals surface area contributed by atoms with Gasteiger partial charge in [0.05, 0.1) is 10.1 Å². The maximum absolute atomic E-state index is 5.85. The Bertz CT molecular complexity index is 848. The molecule has 0 aliphatic heterocycles. The third kappa shape index (κ3) is 2.67. The van der Waals surface area contributed by atoms with Crippen molar-refractivity contribution in [3.63, 3.8) is 0 Å². The summed E-state index contributed by atoms with van der Waals surface area (Å²) in [5.41, 5.74) is 0. The summed E-state index contributed by atoms with van der Waals surface area (Å²) in [6.45, 7) is 2.08. The predicted octanol–water partition coefficient (Wildman–Crippen LogP) is 4.46. The predicted molar refractivity (Wildman–Crippen MR) is 92.2 cm³/mol. The highest BCUT2D eigenvalue weighted by atomic mass is 32.2. The number of thiophene rings is 1. The Labute approximate surface area is 147 Å². The summed E-state index contributed by atoms with van der Waals surface area (Å²) in [5, 5.41) is 20.4. The Kier molecular flexibility index (Phi) is 3.48. The topological polar surface area (TPSA) is 69.6 Å². The number of aromatic nitrogens is 5. The molecular weight excluding hydrogens is 342 g/mol. The summed E-state index contributed by atoms with van der Waals surface area (Å²) in [7, 11) is 0. The van der Waals surface area contributed by atoms with E-state index in [4.69, 9.17) is 4.42 Å². The molecule has 0 amide bonds. The molecule has 3 aromatic heterocycles. The van der Waals surface area contributed by atoms with Gasteiger partial charge in [0.1, 0.15) is 5.82 Å². The first-order valence-electron chi connectivity index (χ1n) is 8.28. The van der Waals surface area contributed by atoms with Gasteiger partial charge in [0.2, 0.25) is 5.89 Å². The second-order valence-corrected chi connectivity index (χ2v) is 8.65. The third-order valence-electron chi connectivity index (χ3n) is 4.35. The molecule has 0 saturated heterocycles. The van der Waals surface area contributed by atoms with Crippen molar-refractivity contribution >= 4 is 23.1 Å². The van der Waals surface area contributed by atoms with Crippen molar-refractivity contribution in [3.8, 4) is 10.8 Å². The quantitative estimate of drug-likeness (QED) is 0.605. The van der Waals surface area contributed by atoms with Gasteiger partial charge in [-0.2, -0.15) is 0 Å². The normalized spacial score (nSPS) is 18.9. The minimum absolute atomic E-state index is 0.0555. The van der Waals surface area contributed by atoms with Gasteiger partial charge in [-0.05, 0) is 44.1 Å². The van der Waals surface area contributed by atoms with Gasteiger partial charge in [-0.1, -0.05) is 17.8 Å². The Balaban J connectivity index is 1.38. The van der Waals surface area contributed by atoms with Crippen LogP contribution in [0.3, 0.4) is 0 Å². The average Bonchev–Trinajstić information content (AvgIpc) is 3.44. The summed E-state index contributed by atoms with van der Waals surface area (Å²) >= 11 is 3.27. The van der Waals surface area contributed by atoms with Crippen molar-refractivity contribution < 1.29 is 4.42 Å². The maximum atomic E-state index is 5.85. The van der Waals surface area contributed by atoms with Crippen molar-refractivity contribution in [2.75, 3.05) is 0 Å². The largest absolute Gasteiger partial charge is 0.419 e. The van der Waals surface area contributed by atoms with Gasteiger partial charge in [-0.25, -0.2) is 0 Å². The van der Waals surface area contributed by atoms with Gasteiger partial charge >= 0.3 is 0 Å². The SMILES string of the molecule is C[C@H](Sc1nnc(C2CC2)n1C1CC1)c1nnc(-c2cccs2)o1. The van der Waals surface area contributed by atoms with Gasteiger partial charge in [0.25, 0.3) is 5.89 Å². The molecule has 5 rings (SSSR count). The first-order valence-corrected chi connectivity index (χ1v) is 10.0. The van der Waals surface area contributed by atoms with Crippen LogP contribution in [-0.4, -0.2) is 25.0 Å². The number of thioether (sulfide) groups is 1. The molecule has 2 fully saturated rings. The van der Waals surface area contributed by atoms with E-state index in [1.165, 1.54) is 31.5 Å². The average molecular weight is 359 g/mol. The zero-order valence-electron chi connectivity index (χ0n) is 13.3. The highest BCUT2D eigenvalue weighted by molar-refractivity contribution is 7.99. The molecule has 3 aromatic rings. The van der Waals surface area contributed by atoms with Gasteiger partial charge in [-0.3, -0.25) is 0 Å². The molecule has 0 spiro atoms. The van der Waals surface area contributed by atoms with E-state index in [9.17, 15) is 0 Å². The summed E-state index contributed by atoms with van der Waals surface area (Å²) in [5.74, 6) is 3.03. The van der Waals surface area contributed by atoms with Crippen LogP contribution in [0.25, 0.3) is 10.8 Å². The molecule has 0 unspecified atom stereocenters. The number of hydrogen-bond donors (Lipinski definition) is 0. The molecule has 0 N–H and O–H groups in total. The van der Waals surface area contributed by atoms with E-state index in [1.54, 1.807) is 23.1 Å².